The molecule has 5 rings (SSSR count). The maximum absolute atomic E-state index is 14.3. The lowest BCUT2D eigenvalue weighted by atomic mass is 9.90. The van der Waals surface area contributed by atoms with Crippen molar-refractivity contribution in [1.29, 1.82) is 5.41 Å². The Bertz CT molecular complexity index is 1870. The van der Waals surface area contributed by atoms with Crippen molar-refractivity contribution in [3.05, 3.63) is 105 Å². The molecule has 1 saturated carbocycles. The number of rotatable bonds is 8. The van der Waals surface area contributed by atoms with E-state index in [0.29, 0.717) is 42.6 Å². The van der Waals surface area contributed by atoms with Crippen LogP contribution in [0, 0.1) is 11.2 Å². The molecule has 0 aliphatic heterocycles. The number of aldehydes is 1. The van der Waals surface area contributed by atoms with Gasteiger partial charge in [-0.15, -0.1) is 0 Å². The van der Waals surface area contributed by atoms with Crippen LogP contribution in [0.1, 0.15) is 49.0 Å². The van der Waals surface area contributed by atoms with E-state index in [2.05, 4.69) is 15.6 Å². The standard InChI is InChI=1S/C32H31FN6O4/c1-19(35-2)14-28(34)30(41)37-24-10-12-25(13-11-24)39-31(42)27-16-23(33)17-36-29(27)38(32(39)43)26-5-3-4-22(15-26)21-8-6-20(18-40)7-9-21/h3-9,14-18,24-25,34-35H,10-13H2,1-2H3,(H,37,41)/b19-14-,34-28?/t24-,25+. The van der Waals surface area contributed by atoms with Gasteiger partial charge in [0.2, 0.25) is 0 Å². The first-order valence-corrected chi connectivity index (χ1v) is 13.9. The molecule has 2 aromatic carbocycles. The van der Waals surface area contributed by atoms with Crippen molar-refractivity contribution in [2.75, 3.05) is 7.05 Å². The Balaban J connectivity index is 1.49. The van der Waals surface area contributed by atoms with Gasteiger partial charge in [0, 0.05) is 30.4 Å². The second kappa shape index (κ2) is 12.4. The van der Waals surface area contributed by atoms with Gasteiger partial charge in [0.15, 0.2) is 5.65 Å². The molecule has 0 bridgehead atoms. The number of hydrogen-bond acceptors (Lipinski definition) is 7. The maximum atomic E-state index is 14.3. The minimum atomic E-state index is -0.693. The molecule has 10 nitrogen and oxygen atoms in total. The quantitative estimate of drug-likeness (QED) is 0.213. The van der Waals surface area contributed by atoms with E-state index in [-0.39, 0.29) is 22.8 Å². The molecule has 0 atom stereocenters. The van der Waals surface area contributed by atoms with E-state index in [9.17, 15) is 23.6 Å². The molecule has 0 radical (unpaired) electrons. The number of halogens is 1. The molecule has 0 spiro atoms. The Kier molecular flexibility index (Phi) is 8.42. The van der Waals surface area contributed by atoms with E-state index in [1.165, 1.54) is 15.2 Å². The van der Waals surface area contributed by atoms with Crippen molar-refractivity contribution in [3.63, 3.8) is 0 Å². The number of carbonyl (C=O) groups is 2. The predicted octanol–water partition coefficient (Wildman–Crippen LogP) is 3.91. The number of allylic oxidation sites excluding steroid dienone is 1. The van der Waals surface area contributed by atoms with Gasteiger partial charge in [-0.1, -0.05) is 36.4 Å². The smallest absolute Gasteiger partial charge is 0.337 e. The number of nitrogens with zero attached hydrogens (tertiary/aromatic N) is 3. The summed E-state index contributed by atoms with van der Waals surface area (Å²) >= 11 is 0. The van der Waals surface area contributed by atoms with Crippen LogP contribution in [0.2, 0.25) is 0 Å². The van der Waals surface area contributed by atoms with E-state index in [1.54, 1.807) is 56.4 Å². The molecule has 1 aliphatic rings. The maximum Gasteiger partial charge on any atom is 0.337 e. The Morgan fingerprint density at radius 1 is 1.05 bits per heavy atom. The van der Waals surface area contributed by atoms with Crippen molar-refractivity contribution in [3.8, 4) is 16.8 Å². The van der Waals surface area contributed by atoms with Crippen LogP contribution in [0.25, 0.3) is 27.8 Å². The third-order valence-corrected chi connectivity index (χ3v) is 7.77. The average molecular weight is 583 g/mol. The molecule has 4 aromatic rings. The number of benzene rings is 2. The van der Waals surface area contributed by atoms with E-state index in [1.807, 2.05) is 6.07 Å². The highest BCUT2D eigenvalue weighted by Gasteiger charge is 2.28. The Labute approximate surface area is 246 Å². The largest absolute Gasteiger partial charge is 0.392 e. The highest BCUT2D eigenvalue weighted by Crippen LogP contribution is 2.28. The second-order valence-corrected chi connectivity index (χ2v) is 10.6. The van der Waals surface area contributed by atoms with Gasteiger partial charge in [-0.25, -0.2) is 18.7 Å². The zero-order valence-electron chi connectivity index (χ0n) is 23.8. The summed E-state index contributed by atoms with van der Waals surface area (Å²) in [7, 11) is 1.71. The van der Waals surface area contributed by atoms with Gasteiger partial charge < -0.3 is 10.6 Å². The molecule has 2 heterocycles. The molecule has 11 heteroatoms. The lowest BCUT2D eigenvalue weighted by Gasteiger charge is -2.30. The van der Waals surface area contributed by atoms with Crippen molar-refractivity contribution in [2.45, 2.75) is 44.7 Å². The first kappa shape index (κ1) is 29.3. The average Bonchev–Trinajstić information content (AvgIpc) is 3.02. The minimum absolute atomic E-state index is 0.0177. The molecule has 1 amide bonds. The summed E-state index contributed by atoms with van der Waals surface area (Å²) in [5.74, 6) is -1.19. The Morgan fingerprint density at radius 2 is 1.77 bits per heavy atom. The summed E-state index contributed by atoms with van der Waals surface area (Å²) in [4.78, 5) is 55.4. The summed E-state index contributed by atoms with van der Waals surface area (Å²) in [5, 5.41) is 13.7. The number of aromatic nitrogens is 3. The van der Waals surface area contributed by atoms with Crippen molar-refractivity contribution < 1.29 is 14.0 Å². The van der Waals surface area contributed by atoms with Crippen LogP contribution in [-0.4, -0.2) is 45.1 Å². The number of carbonyl (C=O) groups excluding carboxylic acids is 2. The highest BCUT2D eigenvalue weighted by atomic mass is 19.1. The molecule has 0 unspecified atom stereocenters. The van der Waals surface area contributed by atoms with Gasteiger partial charge in [0.25, 0.3) is 11.5 Å². The van der Waals surface area contributed by atoms with E-state index < -0.39 is 29.0 Å². The Hall–Kier alpha value is -5.19. The lowest BCUT2D eigenvalue weighted by Crippen LogP contribution is -2.46. The van der Waals surface area contributed by atoms with Crippen LogP contribution in [0.3, 0.4) is 0 Å². The predicted molar refractivity (Wildman–Crippen MR) is 162 cm³/mol. The fourth-order valence-corrected chi connectivity index (χ4v) is 5.41. The number of amides is 1. The number of fused-ring (bicyclic) bond motifs is 1. The summed E-state index contributed by atoms with van der Waals surface area (Å²) < 4.78 is 16.8. The van der Waals surface area contributed by atoms with Crippen molar-refractivity contribution >= 4 is 28.9 Å². The van der Waals surface area contributed by atoms with Gasteiger partial charge in [-0.3, -0.25) is 24.4 Å². The highest BCUT2D eigenvalue weighted by molar-refractivity contribution is 6.42. The molecule has 220 valence electrons. The zero-order chi connectivity index (χ0) is 30.7. The first-order chi connectivity index (χ1) is 20.7. The lowest BCUT2D eigenvalue weighted by molar-refractivity contribution is -0.115. The third-order valence-electron chi connectivity index (χ3n) is 7.77. The molecule has 3 N–H and O–H groups in total. The van der Waals surface area contributed by atoms with Gasteiger partial charge in [-0.05, 0) is 68.0 Å². The molecular weight excluding hydrogens is 551 g/mol. The molecule has 43 heavy (non-hydrogen) atoms. The van der Waals surface area contributed by atoms with Gasteiger partial charge in [0.05, 0.1) is 17.3 Å². The van der Waals surface area contributed by atoms with E-state index in [4.69, 9.17) is 5.41 Å². The first-order valence-electron chi connectivity index (χ1n) is 13.9. The topological polar surface area (TPSA) is 139 Å². The van der Waals surface area contributed by atoms with Crippen molar-refractivity contribution in [1.82, 2.24) is 24.8 Å². The summed E-state index contributed by atoms with van der Waals surface area (Å²) in [5.41, 5.74) is 1.93. The molecular formula is C32H31FN6O4. The van der Waals surface area contributed by atoms with Crippen LogP contribution in [0.15, 0.2) is 82.2 Å². The van der Waals surface area contributed by atoms with Gasteiger partial charge >= 0.3 is 5.69 Å². The monoisotopic (exact) mass is 582 g/mol. The van der Waals surface area contributed by atoms with E-state index in [0.717, 1.165) is 29.7 Å². The van der Waals surface area contributed by atoms with Gasteiger partial charge in [0.1, 0.15) is 17.8 Å². The van der Waals surface area contributed by atoms with Crippen LogP contribution in [-0.2, 0) is 4.79 Å². The summed E-state index contributed by atoms with van der Waals surface area (Å²) in [6, 6.07) is 14.5. The number of pyridine rings is 1. The normalized spacial score (nSPS) is 17.0. The fourth-order valence-electron chi connectivity index (χ4n) is 5.41. The third kappa shape index (κ3) is 6.06. The zero-order valence-corrected chi connectivity index (χ0v) is 23.8. The number of nitrogens with one attached hydrogen (secondary N) is 3. The number of hydrogen-bond donors (Lipinski definition) is 3. The minimum Gasteiger partial charge on any atom is -0.392 e. The van der Waals surface area contributed by atoms with Crippen LogP contribution in [0.5, 0.6) is 0 Å². The molecule has 0 saturated heterocycles. The van der Waals surface area contributed by atoms with Gasteiger partial charge in [-0.2, -0.15) is 0 Å². The summed E-state index contributed by atoms with van der Waals surface area (Å²) in [6.07, 6.45) is 5.03. The molecule has 2 aromatic heterocycles. The van der Waals surface area contributed by atoms with Crippen LogP contribution < -0.4 is 21.9 Å². The fraction of sp³-hybridized carbons (Fsp3) is 0.250. The SMILES string of the molecule is CN/C(C)=C\C(=N)C(=O)N[C@H]1CC[C@@H](n2c(=O)c3cc(F)cnc3n(-c3cccc(-c4ccc(C=O)cc4)c3)c2=O)CC1. The van der Waals surface area contributed by atoms with E-state index >= 15 is 0 Å². The van der Waals surface area contributed by atoms with Crippen molar-refractivity contribution in [2.24, 2.45) is 0 Å². The Morgan fingerprint density at radius 3 is 2.44 bits per heavy atom. The molecule has 1 fully saturated rings. The van der Waals surface area contributed by atoms with Crippen LogP contribution >= 0.6 is 0 Å². The molecule has 1 aliphatic carbocycles. The summed E-state index contributed by atoms with van der Waals surface area (Å²) in [6.45, 7) is 1.75. The van der Waals surface area contributed by atoms with Crippen LogP contribution in [0.4, 0.5) is 4.39 Å². The second-order valence-electron chi connectivity index (χ2n) is 10.6.